The number of hydrogen-bond acceptors (Lipinski definition) is 3. The minimum absolute atomic E-state index is 0.0195. The summed E-state index contributed by atoms with van der Waals surface area (Å²) in [6, 6.07) is 18.9. The van der Waals surface area contributed by atoms with Crippen molar-refractivity contribution in [3.8, 4) is 11.3 Å². The zero-order valence-electron chi connectivity index (χ0n) is 19.1. The second kappa shape index (κ2) is 7.81. The Morgan fingerprint density at radius 3 is 2.23 bits per heavy atom. The Bertz CT molecular complexity index is 1580. The molecule has 0 N–H and O–H groups in total. The van der Waals surface area contributed by atoms with E-state index in [-0.39, 0.29) is 12.2 Å². The molecule has 0 radical (unpaired) electrons. The molecule has 180 valence electrons. The third kappa shape index (κ3) is 3.86. The van der Waals surface area contributed by atoms with Crippen LogP contribution in [0.15, 0.2) is 72.8 Å². The minimum atomic E-state index is -4.51. The summed E-state index contributed by atoms with van der Waals surface area (Å²) in [4.78, 5) is 12.8. The summed E-state index contributed by atoms with van der Waals surface area (Å²) < 4.78 is 66.8. The number of hydrogen-bond donors (Lipinski definition) is 0. The van der Waals surface area contributed by atoms with Crippen molar-refractivity contribution in [3.05, 3.63) is 95.1 Å². The highest BCUT2D eigenvalue weighted by Crippen LogP contribution is 2.45. The quantitative estimate of drug-likeness (QED) is 0.336. The van der Waals surface area contributed by atoms with Gasteiger partial charge in [-0.25, -0.2) is 12.4 Å². The molecule has 1 heterocycles. The molecule has 35 heavy (non-hydrogen) atoms. The van der Waals surface area contributed by atoms with Gasteiger partial charge in [0, 0.05) is 22.8 Å². The summed E-state index contributed by atoms with van der Waals surface area (Å²) in [5, 5.41) is 0.686. The van der Waals surface area contributed by atoms with E-state index in [0.29, 0.717) is 39.7 Å². The van der Waals surface area contributed by atoms with Crippen molar-refractivity contribution in [1.82, 2.24) is 3.97 Å². The van der Waals surface area contributed by atoms with Crippen LogP contribution in [0.5, 0.6) is 0 Å². The average Bonchev–Trinajstić information content (AvgIpc) is 3.25. The van der Waals surface area contributed by atoms with Gasteiger partial charge in [0.1, 0.15) is 0 Å². The van der Waals surface area contributed by atoms with E-state index < -0.39 is 27.2 Å². The Morgan fingerprint density at radius 2 is 1.57 bits per heavy atom. The lowest BCUT2D eigenvalue weighted by Crippen LogP contribution is -2.23. The van der Waals surface area contributed by atoms with E-state index in [0.717, 1.165) is 24.0 Å². The molecule has 1 unspecified atom stereocenters. The summed E-state index contributed by atoms with van der Waals surface area (Å²) in [5.74, 6) is 0.0195. The first-order valence-electron chi connectivity index (χ1n) is 11.0. The highest BCUT2D eigenvalue weighted by Gasteiger charge is 2.41. The van der Waals surface area contributed by atoms with E-state index in [2.05, 4.69) is 0 Å². The molecular formula is C27H22F3NO3S. The second-order valence-corrected chi connectivity index (χ2v) is 11.2. The molecule has 0 fully saturated rings. The maximum Gasteiger partial charge on any atom is 0.416 e. The number of carbonyl (C=O) groups is 1. The summed E-state index contributed by atoms with van der Waals surface area (Å²) in [5.41, 5.74) is 1.93. The van der Waals surface area contributed by atoms with E-state index in [1.54, 1.807) is 24.3 Å². The third-order valence-corrected chi connectivity index (χ3v) is 7.79. The van der Waals surface area contributed by atoms with Gasteiger partial charge in [-0.15, -0.1) is 0 Å². The maximum atomic E-state index is 13.2. The lowest BCUT2D eigenvalue weighted by atomic mass is 9.77. The van der Waals surface area contributed by atoms with Crippen molar-refractivity contribution in [1.29, 1.82) is 0 Å². The first-order valence-corrected chi connectivity index (χ1v) is 12.9. The maximum absolute atomic E-state index is 13.2. The Kier molecular flexibility index (Phi) is 5.21. The fourth-order valence-corrected chi connectivity index (χ4v) is 6.32. The van der Waals surface area contributed by atoms with Gasteiger partial charge in [0.05, 0.1) is 23.0 Å². The number of aromatic nitrogens is 1. The topological polar surface area (TPSA) is 56.1 Å². The lowest BCUT2D eigenvalue weighted by Gasteiger charge is -2.25. The first-order chi connectivity index (χ1) is 16.4. The summed E-state index contributed by atoms with van der Waals surface area (Å²) in [7, 11) is -3.82. The highest BCUT2D eigenvalue weighted by atomic mass is 32.2. The molecule has 4 nitrogen and oxygen atoms in total. The van der Waals surface area contributed by atoms with Gasteiger partial charge >= 0.3 is 6.18 Å². The van der Waals surface area contributed by atoms with Crippen LogP contribution in [0.4, 0.5) is 13.2 Å². The number of Topliss-reactive ketones (excluding diaryl/α,β-unsaturated/α-hetero) is 1. The highest BCUT2D eigenvalue weighted by molar-refractivity contribution is 7.89. The first kappa shape index (κ1) is 23.4. The van der Waals surface area contributed by atoms with Gasteiger partial charge in [-0.2, -0.15) is 13.2 Å². The molecule has 1 atom stereocenters. The van der Waals surface area contributed by atoms with Crippen LogP contribution >= 0.6 is 0 Å². The fourth-order valence-electron chi connectivity index (χ4n) is 5.25. The van der Waals surface area contributed by atoms with Crippen LogP contribution < -0.4 is 0 Å². The van der Waals surface area contributed by atoms with E-state index in [1.807, 2.05) is 31.2 Å². The standard InChI is InChI=1S/C27H22F3NO3S/c1-26(16-24(32)20-8-3-5-9-22(20)26)15-21-19-7-4-6-10-23(19)31(35(2,33)34)25(21)17-11-13-18(14-12-17)27(28,29)30/h3-14H,15-16H2,1-2H3. The van der Waals surface area contributed by atoms with Crippen LogP contribution in [0.2, 0.25) is 0 Å². The average molecular weight is 498 g/mol. The van der Waals surface area contributed by atoms with E-state index in [9.17, 15) is 26.4 Å². The molecule has 5 rings (SSSR count). The summed E-state index contributed by atoms with van der Waals surface area (Å²) >= 11 is 0. The Hall–Kier alpha value is -3.39. The van der Waals surface area contributed by atoms with Gasteiger partial charge in [0.15, 0.2) is 5.78 Å². The molecule has 0 spiro atoms. The van der Waals surface area contributed by atoms with Crippen LogP contribution in [0.25, 0.3) is 22.2 Å². The SMILES string of the molecule is CC1(Cc2c(-c3ccc(C(F)(F)F)cc3)n(S(C)(=O)=O)c3ccccc23)CC(=O)c2ccccc21. The van der Waals surface area contributed by atoms with Crippen molar-refractivity contribution >= 4 is 26.7 Å². The Morgan fingerprint density at radius 1 is 0.943 bits per heavy atom. The number of fused-ring (bicyclic) bond motifs is 2. The molecule has 1 aromatic heterocycles. The zero-order valence-corrected chi connectivity index (χ0v) is 19.9. The molecule has 1 aliphatic rings. The molecule has 0 saturated heterocycles. The van der Waals surface area contributed by atoms with Crippen molar-refractivity contribution in [2.75, 3.05) is 6.26 Å². The van der Waals surface area contributed by atoms with Crippen molar-refractivity contribution in [3.63, 3.8) is 0 Å². The summed E-state index contributed by atoms with van der Waals surface area (Å²) in [6.07, 6.45) is -2.83. The van der Waals surface area contributed by atoms with E-state index in [1.165, 1.54) is 16.1 Å². The van der Waals surface area contributed by atoms with Crippen LogP contribution in [-0.2, 0) is 28.0 Å². The third-order valence-electron chi connectivity index (χ3n) is 6.75. The number of ketones is 1. The Labute approximate surface area is 201 Å². The fraction of sp³-hybridized carbons (Fsp3) is 0.222. The lowest BCUT2D eigenvalue weighted by molar-refractivity contribution is -0.137. The minimum Gasteiger partial charge on any atom is -0.294 e. The Balaban J connectivity index is 1.78. The smallest absolute Gasteiger partial charge is 0.294 e. The van der Waals surface area contributed by atoms with Gasteiger partial charge < -0.3 is 0 Å². The van der Waals surface area contributed by atoms with Crippen LogP contribution in [-0.4, -0.2) is 24.4 Å². The van der Waals surface area contributed by atoms with Crippen molar-refractivity contribution in [2.45, 2.75) is 31.4 Å². The number of alkyl halides is 3. The predicted octanol–water partition coefficient (Wildman–Crippen LogP) is 6.22. The number of nitrogens with zero attached hydrogens (tertiary/aromatic N) is 1. The van der Waals surface area contributed by atoms with E-state index in [4.69, 9.17) is 0 Å². The largest absolute Gasteiger partial charge is 0.416 e. The molecule has 8 heteroatoms. The zero-order chi connectivity index (χ0) is 25.2. The van der Waals surface area contributed by atoms with E-state index >= 15 is 0 Å². The molecule has 0 bridgehead atoms. The van der Waals surface area contributed by atoms with Gasteiger partial charge in [0.25, 0.3) is 0 Å². The van der Waals surface area contributed by atoms with Gasteiger partial charge in [-0.1, -0.05) is 61.5 Å². The molecular weight excluding hydrogens is 475 g/mol. The number of benzene rings is 3. The molecule has 0 amide bonds. The normalized spacial score (nSPS) is 18.3. The van der Waals surface area contributed by atoms with Crippen LogP contribution in [0, 0.1) is 0 Å². The summed E-state index contributed by atoms with van der Waals surface area (Å²) in [6.45, 7) is 1.97. The van der Waals surface area contributed by atoms with Gasteiger partial charge in [-0.05, 0) is 41.3 Å². The number of halogens is 3. The number of carbonyl (C=O) groups excluding carboxylic acids is 1. The predicted molar refractivity (Wildman–Crippen MR) is 129 cm³/mol. The van der Waals surface area contributed by atoms with Crippen LogP contribution in [0.1, 0.15) is 40.4 Å². The molecule has 1 aliphatic carbocycles. The van der Waals surface area contributed by atoms with Gasteiger partial charge in [0.2, 0.25) is 10.0 Å². The second-order valence-electron chi connectivity index (χ2n) is 9.33. The molecule has 3 aromatic carbocycles. The molecule has 4 aromatic rings. The molecule has 0 saturated carbocycles. The number of para-hydroxylation sites is 1. The van der Waals surface area contributed by atoms with Crippen molar-refractivity contribution < 1.29 is 26.4 Å². The number of rotatable bonds is 4. The van der Waals surface area contributed by atoms with Gasteiger partial charge in [-0.3, -0.25) is 4.79 Å². The monoisotopic (exact) mass is 497 g/mol. The van der Waals surface area contributed by atoms with Crippen LogP contribution in [0.3, 0.4) is 0 Å². The van der Waals surface area contributed by atoms with Crippen molar-refractivity contribution in [2.24, 2.45) is 0 Å². The molecule has 0 aliphatic heterocycles.